The van der Waals surface area contributed by atoms with Crippen LogP contribution in [0.15, 0.2) is 24.3 Å². The zero-order chi connectivity index (χ0) is 15.1. The van der Waals surface area contributed by atoms with Gasteiger partial charge in [-0.1, -0.05) is 53.7 Å². The van der Waals surface area contributed by atoms with Crippen molar-refractivity contribution in [2.24, 2.45) is 10.8 Å². The van der Waals surface area contributed by atoms with Crippen molar-refractivity contribution in [3.8, 4) is 0 Å². The maximum atomic E-state index is 6.54. The van der Waals surface area contributed by atoms with Crippen molar-refractivity contribution in [2.45, 2.75) is 47.7 Å². The van der Waals surface area contributed by atoms with E-state index in [1.165, 1.54) is 11.4 Å². The normalized spacial score (nSPS) is 16.8. The summed E-state index contributed by atoms with van der Waals surface area (Å²) in [5.74, 6) is 0. The Labute approximate surface area is 124 Å². The number of benzene rings is 1. The van der Waals surface area contributed by atoms with E-state index in [1.807, 2.05) is 0 Å². The molecule has 0 aliphatic carbocycles. The molecule has 0 saturated heterocycles. The third kappa shape index (κ3) is 3.28. The first-order valence-corrected chi connectivity index (χ1v) is 7.46. The highest BCUT2D eigenvalue weighted by Crippen LogP contribution is 2.41. The smallest absolute Gasteiger partial charge is 0.105 e. The molecule has 1 heterocycles. The zero-order valence-corrected chi connectivity index (χ0v) is 13.8. The van der Waals surface area contributed by atoms with Crippen LogP contribution in [0.4, 0.5) is 11.4 Å². The van der Waals surface area contributed by atoms with E-state index in [2.05, 4.69) is 75.6 Å². The van der Waals surface area contributed by atoms with E-state index in [4.69, 9.17) is 6.92 Å². The van der Waals surface area contributed by atoms with Gasteiger partial charge < -0.3 is 9.80 Å². The standard InChI is InChI=1S/C18H28N2/c1-14-19(12-17(2,3)4)15-10-8-9-11-16(15)20(14)13-18(5,6)7/h1,8-11,14H,12-13H2,2-7H3. The highest BCUT2D eigenvalue weighted by molar-refractivity contribution is 5.78. The average molecular weight is 272 g/mol. The van der Waals surface area contributed by atoms with Crippen LogP contribution in [0.2, 0.25) is 0 Å². The second-order valence-electron chi connectivity index (χ2n) is 8.28. The lowest BCUT2D eigenvalue weighted by Crippen LogP contribution is -2.47. The lowest BCUT2D eigenvalue weighted by atomic mass is 9.95. The van der Waals surface area contributed by atoms with Gasteiger partial charge in [0.1, 0.15) is 6.17 Å². The molecule has 2 heteroatoms. The van der Waals surface area contributed by atoms with Crippen molar-refractivity contribution in [2.75, 3.05) is 22.9 Å². The van der Waals surface area contributed by atoms with E-state index in [0.717, 1.165) is 13.1 Å². The highest BCUT2D eigenvalue weighted by atomic mass is 15.4. The molecule has 0 spiro atoms. The molecule has 0 N–H and O–H groups in total. The number of hydrogen-bond acceptors (Lipinski definition) is 2. The maximum absolute atomic E-state index is 6.54. The summed E-state index contributed by atoms with van der Waals surface area (Å²) in [6, 6.07) is 8.57. The van der Waals surface area contributed by atoms with Gasteiger partial charge >= 0.3 is 0 Å². The van der Waals surface area contributed by atoms with Crippen LogP contribution in [0.1, 0.15) is 41.5 Å². The van der Waals surface area contributed by atoms with E-state index >= 15 is 0 Å². The Bertz CT molecular complexity index is 422. The molecular weight excluding hydrogens is 244 g/mol. The Morgan fingerprint density at radius 1 is 0.850 bits per heavy atom. The first kappa shape index (κ1) is 15.2. The fraction of sp³-hybridized carbons (Fsp3) is 0.611. The van der Waals surface area contributed by atoms with Gasteiger partial charge in [-0.05, 0) is 23.0 Å². The topological polar surface area (TPSA) is 6.48 Å². The lowest BCUT2D eigenvalue weighted by molar-refractivity contribution is 0.379. The molecular formula is C18H28N2. The van der Waals surface area contributed by atoms with Crippen molar-refractivity contribution in [1.82, 2.24) is 0 Å². The minimum absolute atomic E-state index is 0.0640. The number of fused-ring (bicyclic) bond motifs is 1. The summed E-state index contributed by atoms with van der Waals surface area (Å²) < 4.78 is 0. The third-order valence-corrected chi connectivity index (χ3v) is 3.43. The first-order chi connectivity index (χ1) is 9.08. The Balaban J connectivity index is 2.34. The Hall–Kier alpha value is -1.18. The van der Waals surface area contributed by atoms with E-state index < -0.39 is 0 Å². The van der Waals surface area contributed by atoms with Crippen molar-refractivity contribution < 1.29 is 0 Å². The Kier molecular flexibility index (Phi) is 3.79. The van der Waals surface area contributed by atoms with Gasteiger partial charge in [0.2, 0.25) is 0 Å². The number of nitrogens with zero attached hydrogens (tertiary/aromatic N) is 2. The molecule has 1 aliphatic heterocycles. The van der Waals surface area contributed by atoms with E-state index in [0.29, 0.717) is 0 Å². The van der Waals surface area contributed by atoms with Crippen molar-refractivity contribution >= 4 is 11.4 Å². The molecule has 1 aliphatic rings. The van der Waals surface area contributed by atoms with Gasteiger partial charge in [-0.25, -0.2) is 0 Å². The number of anilines is 2. The van der Waals surface area contributed by atoms with Gasteiger partial charge in [-0.2, -0.15) is 0 Å². The first-order valence-electron chi connectivity index (χ1n) is 7.46. The van der Waals surface area contributed by atoms with Crippen LogP contribution < -0.4 is 9.80 Å². The van der Waals surface area contributed by atoms with Crippen LogP contribution in [0, 0.1) is 17.8 Å². The summed E-state index contributed by atoms with van der Waals surface area (Å²) in [6.07, 6.45) is -0.0640. The van der Waals surface area contributed by atoms with E-state index in [9.17, 15) is 0 Å². The fourth-order valence-corrected chi connectivity index (χ4v) is 2.78. The molecule has 1 aromatic carbocycles. The largest absolute Gasteiger partial charge is 0.349 e. The summed E-state index contributed by atoms with van der Waals surface area (Å²) in [6.45, 7) is 22.0. The van der Waals surface area contributed by atoms with Crippen molar-refractivity contribution in [3.63, 3.8) is 0 Å². The number of rotatable bonds is 2. The molecule has 0 aromatic heterocycles. The molecule has 0 atom stereocenters. The van der Waals surface area contributed by atoms with E-state index in [1.54, 1.807) is 0 Å². The lowest BCUT2D eigenvalue weighted by Gasteiger charge is -2.36. The van der Waals surface area contributed by atoms with Gasteiger partial charge in [0.15, 0.2) is 0 Å². The van der Waals surface area contributed by atoms with Gasteiger partial charge in [0, 0.05) is 20.0 Å². The minimum Gasteiger partial charge on any atom is -0.349 e. The van der Waals surface area contributed by atoms with Crippen molar-refractivity contribution in [1.29, 1.82) is 0 Å². The molecule has 0 fully saturated rings. The zero-order valence-electron chi connectivity index (χ0n) is 13.8. The SMILES string of the molecule is [CH]C1N(CC(C)(C)C)c2ccccc2N1CC(C)(C)C. The number of para-hydroxylation sites is 2. The predicted octanol–water partition coefficient (Wildman–Crippen LogP) is 4.44. The molecule has 2 rings (SSSR count). The summed E-state index contributed by atoms with van der Waals surface area (Å²) in [4.78, 5) is 4.67. The van der Waals surface area contributed by atoms with Gasteiger partial charge in [-0.15, -0.1) is 0 Å². The monoisotopic (exact) mass is 272 g/mol. The molecule has 0 amide bonds. The van der Waals surface area contributed by atoms with Crippen LogP contribution >= 0.6 is 0 Å². The molecule has 20 heavy (non-hydrogen) atoms. The summed E-state index contributed by atoms with van der Waals surface area (Å²) in [5.41, 5.74) is 2.98. The quantitative estimate of drug-likeness (QED) is 0.785. The average Bonchev–Trinajstić information content (AvgIpc) is 2.52. The number of hydrogen-bond donors (Lipinski definition) is 0. The third-order valence-electron chi connectivity index (χ3n) is 3.43. The Morgan fingerprint density at radius 3 is 1.50 bits per heavy atom. The molecule has 110 valence electrons. The van der Waals surface area contributed by atoms with Crippen LogP contribution in [-0.4, -0.2) is 19.3 Å². The Morgan fingerprint density at radius 2 is 1.20 bits per heavy atom. The molecule has 0 bridgehead atoms. The molecule has 2 radical (unpaired) electrons. The predicted molar refractivity (Wildman–Crippen MR) is 88.1 cm³/mol. The van der Waals surface area contributed by atoms with Crippen LogP contribution in [0.25, 0.3) is 0 Å². The van der Waals surface area contributed by atoms with Crippen molar-refractivity contribution in [3.05, 3.63) is 31.2 Å². The minimum atomic E-state index is -0.0640. The molecule has 1 aromatic rings. The van der Waals surface area contributed by atoms with Gasteiger partial charge in [-0.3, -0.25) is 0 Å². The van der Waals surface area contributed by atoms with E-state index in [-0.39, 0.29) is 17.0 Å². The maximum Gasteiger partial charge on any atom is 0.105 e. The molecule has 2 nitrogen and oxygen atoms in total. The van der Waals surface area contributed by atoms with Crippen LogP contribution in [0.5, 0.6) is 0 Å². The van der Waals surface area contributed by atoms with Crippen LogP contribution in [0.3, 0.4) is 0 Å². The molecule has 0 unspecified atom stereocenters. The second kappa shape index (κ2) is 4.98. The van der Waals surface area contributed by atoms with Gasteiger partial charge in [0.25, 0.3) is 0 Å². The second-order valence-corrected chi connectivity index (χ2v) is 8.28. The molecule has 0 saturated carbocycles. The summed E-state index contributed by atoms with van der Waals surface area (Å²) >= 11 is 0. The van der Waals surface area contributed by atoms with Gasteiger partial charge in [0.05, 0.1) is 11.4 Å². The fourth-order valence-electron chi connectivity index (χ4n) is 2.78. The summed E-state index contributed by atoms with van der Waals surface area (Å²) in [7, 11) is 0. The highest BCUT2D eigenvalue weighted by Gasteiger charge is 2.36. The van der Waals surface area contributed by atoms with Crippen LogP contribution in [-0.2, 0) is 0 Å². The summed E-state index contributed by atoms with van der Waals surface area (Å²) in [5, 5.41) is 0.